The van der Waals surface area contributed by atoms with Gasteiger partial charge in [-0.1, -0.05) is 6.07 Å². The SMILES string of the molecule is [B][C@H]1CC[C@@H](COC(=O)Oc2cccc(C(F)(F)F)c2)O1. The molecule has 1 aliphatic heterocycles. The van der Waals surface area contributed by atoms with E-state index in [0.29, 0.717) is 12.8 Å². The summed E-state index contributed by atoms with van der Waals surface area (Å²) in [6.45, 7) is -0.0501. The lowest BCUT2D eigenvalue weighted by Crippen LogP contribution is -2.21. The summed E-state index contributed by atoms with van der Waals surface area (Å²) in [5.74, 6) is -0.237. The van der Waals surface area contributed by atoms with Crippen LogP contribution in [0.1, 0.15) is 18.4 Å². The van der Waals surface area contributed by atoms with Crippen molar-refractivity contribution in [3.8, 4) is 5.75 Å². The van der Waals surface area contributed by atoms with Gasteiger partial charge in [0, 0.05) is 6.00 Å². The molecule has 2 atom stereocenters. The van der Waals surface area contributed by atoms with E-state index in [2.05, 4.69) is 4.74 Å². The number of carbonyl (C=O) groups excluding carboxylic acids is 1. The minimum Gasteiger partial charge on any atom is -0.431 e. The van der Waals surface area contributed by atoms with Gasteiger partial charge in [0.1, 0.15) is 20.2 Å². The van der Waals surface area contributed by atoms with Gasteiger partial charge in [-0.3, -0.25) is 0 Å². The van der Waals surface area contributed by atoms with E-state index in [9.17, 15) is 18.0 Å². The van der Waals surface area contributed by atoms with Crippen LogP contribution in [0.15, 0.2) is 24.3 Å². The van der Waals surface area contributed by atoms with Crippen LogP contribution in [0.4, 0.5) is 18.0 Å². The second kappa shape index (κ2) is 6.38. The molecule has 2 rings (SSSR count). The third-order valence-electron chi connectivity index (χ3n) is 2.89. The van der Waals surface area contributed by atoms with Crippen LogP contribution in [0.3, 0.4) is 0 Å². The first-order chi connectivity index (χ1) is 9.84. The van der Waals surface area contributed by atoms with Crippen molar-refractivity contribution in [1.82, 2.24) is 0 Å². The van der Waals surface area contributed by atoms with Gasteiger partial charge >= 0.3 is 12.3 Å². The Morgan fingerprint density at radius 2 is 2.14 bits per heavy atom. The molecule has 1 heterocycles. The summed E-state index contributed by atoms with van der Waals surface area (Å²) in [5, 5.41) is 0. The van der Waals surface area contributed by atoms with Gasteiger partial charge in [0.25, 0.3) is 0 Å². The molecule has 0 spiro atoms. The molecule has 1 aliphatic rings. The number of carbonyl (C=O) groups is 1. The predicted molar refractivity (Wildman–Crippen MR) is 67.1 cm³/mol. The van der Waals surface area contributed by atoms with E-state index in [0.717, 1.165) is 18.2 Å². The van der Waals surface area contributed by atoms with E-state index in [1.54, 1.807) is 0 Å². The van der Waals surface area contributed by atoms with Crippen molar-refractivity contribution in [2.24, 2.45) is 0 Å². The van der Waals surface area contributed by atoms with Crippen LogP contribution in [0.25, 0.3) is 0 Å². The number of rotatable bonds is 3. The molecule has 1 saturated heterocycles. The maximum absolute atomic E-state index is 12.5. The van der Waals surface area contributed by atoms with Gasteiger partial charge in [0.15, 0.2) is 0 Å². The summed E-state index contributed by atoms with van der Waals surface area (Å²) in [6.07, 6.45) is -4.58. The lowest BCUT2D eigenvalue weighted by molar-refractivity contribution is -0.137. The summed E-state index contributed by atoms with van der Waals surface area (Å²) in [4.78, 5) is 11.4. The quantitative estimate of drug-likeness (QED) is 0.489. The Bertz CT molecular complexity index is 506. The zero-order valence-corrected chi connectivity index (χ0v) is 10.9. The minimum atomic E-state index is -4.50. The topological polar surface area (TPSA) is 44.8 Å². The molecule has 0 amide bonds. The summed E-state index contributed by atoms with van der Waals surface area (Å²) in [5.41, 5.74) is -0.905. The minimum absolute atomic E-state index is 0.0501. The Balaban J connectivity index is 1.85. The normalized spacial score (nSPS) is 22.0. The molecule has 112 valence electrons. The Morgan fingerprint density at radius 1 is 1.38 bits per heavy atom. The summed E-state index contributed by atoms with van der Waals surface area (Å²) in [6, 6.07) is 3.61. The average molecular weight is 300 g/mol. The molecule has 1 aromatic rings. The Morgan fingerprint density at radius 3 is 2.76 bits per heavy atom. The fourth-order valence-electron chi connectivity index (χ4n) is 1.88. The van der Waals surface area contributed by atoms with Crippen LogP contribution in [0.5, 0.6) is 5.75 Å². The Kier molecular flexibility index (Phi) is 4.77. The highest BCUT2D eigenvalue weighted by Gasteiger charge is 2.31. The number of benzene rings is 1. The standard InChI is InChI=1S/C13H12BF3O4/c14-11-5-4-10(20-11)7-19-12(18)21-9-3-1-2-8(6-9)13(15,16)17/h1-3,6,10-11H,4-5,7H2/t10-,11+/m0/s1. The molecular formula is C13H12BF3O4. The molecular weight excluding hydrogens is 288 g/mol. The van der Waals surface area contributed by atoms with E-state index >= 15 is 0 Å². The monoisotopic (exact) mass is 300 g/mol. The zero-order chi connectivity index (χ0) is 15.5. The van der Waals surface area contributed by atoms with E-state index in [1.807, 2.05) is 0 Å². The molecule has 0 bridgehead atoms. The van der Waals surface area contributed by atoms with Gasteiger partial charge in [-0.25, -0.2) is 4.79 Å². The van der Waals surface area contributed by atoms with Crippen molar-refractivity contribution in [2.75, 3.05) is 6.61 Å². The van der Waals surface area contributed by atoms with Crippen LogP contribution < -0.4 is 4.74 Å². The van der Waals surface area contributed by atoms with Gasteiger partial charge in [-0.15, -0.1) is 0 Å². The number of ether oxygens (including phenoxy) is 3. The molecule has 2 radical (unpaired) electrons. The van der Waals surface area contributed by atoms with Gasteiger partial charge < -0.3 is 14.2 Å². The van der Waals surface area contributed by atoms with Crippen molar-refractivity contribution in [3.63, 3.8) is 0 Å². The highest BCUT2D eigenvalue weighted by atomic mass is 19.4. The van der Waals surface area contributed by atoms with Crippen LogP contribution in [0, 0.1) is 0 Å². The van der Waals surface area contributed by atoms with Crippen LogP contribution in [-0.2, 0) is 15.7 Å². The van der Waals surface area contributed by atoms with Crippen molar-refractivity contribution >= 4 is 14.0 Å². The largest absolute Gasteiger partial charge is 0.513 e. The summed E-state index contributed by atoms with van der Waals surface area (Å²) in [7, 11) is 5.51. The third-order valence-corrected chi connectivity index (χ3v) is 2.89. The van der Waals surface area contributed by atoms with E-state index < -0.39 is 17.9 Å². The second-order valence-electron chi connectivity index (χ2n) is 4.56. The molecule has 0 unspecified atom stereocenters. The van der Waals surface area contributed by atoms with Crippen LogP contribution in [-0.4, -0.2) is 32.7 Å². The fraction of sp³-hybridized carbons (Fsp3) is 0.462. The second-order valence-corrected chi connectivity index (χ2v) is 4.56. The smallest absolute Gasteiger partial charge is 0.431 e. The molecule has 0 N–H and O–H groups in total. The molecule has 1 aromatic carbocycles. The number of halogens is 3. The lowest BCUT2D eigenvalue weighted by Gasteiger charge is -2.12. The third kappa shape index (κ3) is 4.66. The molecule has 4 nitrogen and oxygen atoms in total. The molecule has 8 heteroatoms. The first-order valence-corrected chi connectivity index (χ1v) is 6.27. The van der Waals surface area contributed by atoms with E-state index in [-0.39, 0.29) is 24.5 Å². The first kappa shape index (κ1) is 15.7. The lowest BCUT2D eigenvalue weighted by atomic mass is 9.97. The highest BCUT2D eigenvalue weighted by molar-refractivity contribution is 6.11. The average Bonchev–Trinajstić information content (AvgIpc) is 2.82. The van der Waals surface area contributed by atoms with Gasteiger partial charge in [0.05, 0.1) is 11.7 Å². The van der Waals surface area contributed by atoms with Crippen molar-refractivity contribution in [1.29, 1.82) is 0 Å². The fourth-order valence-corrected chi connectivity index (χ4v) is 1.88. The number of alkyl halides is 3. The van der Waals surface area contributed by atoms with E-state index in [4.69, 9.17) is 17.3 Å². The first-order valence-electron chi connectivity index (χ1n) is 6.27. The van der Waals surface area contributed by atoms with Gasteiger partial charge in [-0.2, -0.15) is 13.2 Å². The molecule has 21 heavy (non-hydrogen) atoms. The van der Waals surface area contributed by atoms with Crippen LogP contribution in [0.2, 0.25) is 0 Å². The van der Waals surface area contributed by atoms with E-state index in [1.165, 1.54) is 6.07 Å². The molecule has 0 saturated carbocycles. The maximum atomic E-state index is 12.5. The molecule has 0 aliphatic carbocycles. The maximum Gasteiger partial charge on any atom is 0.513 e. The Hall–Kier alpha value is -1.70. The van der Waals surface area contributed by atoms with Gasteiger partial charge in [0.2, 0.25) is 0 Å². The highest BCUT2D eigenvalue weighted by Crippen LogP contribution is 2.31. The summed E-state index contributed by atoms with van der Waals surface area (Å²) < 4.78 is 52.2. The van der Waals surface area contributed by atoms with Crippen molar-refractivity contribution < 1.29 is 32.2 Å². The van der Waals surface area contributed by atoms with Gasteiger partial charge in [-0.05, 0) is 31.0 Å². The number of hydrogen-bond acceptors (Lipinski definition) is 4. The van der Waals surface area contributed by atoms with Crippen molar-refractivity contribution in [3.05, 3.63) is 29.8 Å². The predicted octanol–water partition coefficient (Wildman–Crippen LogP) is 2.89. The molecule has 1 fully saturated rings. The zero-order valence-electron chi connectivity index (χ0n) is 10.9. The number of hydrogen-bond donors (Lipinski definition) is 0. The van der Waals surface area contributed by atoms with Crippen molar-refractivity contribution in [2.45, 2.75) is 31.1 Å². The van der Waals surface area contributed by atoms with Crippen LogP contribution >= 0.6 is 0 Å². The molecule has 0 aromatic heterocycles. The summed E-state index contributed by atoms with van der Waals surface area (Å²) >= 11 is 0. The Labute approximate surface area is 120 Å².